The normalized spacial score (nSPS) is 8.88. The van der Waals surface area contributed by atoms with Gasteiger partial charge in [-0.25, -0.2) is 4.39 Å². The molecule has 4 nitrogen and oxygen atoms in total. The summed E-state index contributed by atoms with van der Waals surface area (Å²) in [5.74, 6) is 1.33. The Morgan fingerprint density at radius 2 is 2.35 bits per heavy atom. The minimum Gasteiger partial charge on any atom is -0.484 e. The van der Waals surface area contributed by atoms with E-state index in [4.69, 9.17) is 16.4 Å². The molecule has 0 atom stereocenters. The lowest BCUT2D eigenvalue weighted by molar-refractivity contribution is -0.122. The number of halogens is 1. The Kier molecular flexibility index (Phi) is 4.53. The second kappa shape index (κ2) is 6.14. The number of benzene rings is 1. The summed E-state index contributed by atoms with van der Waals surface area (Å²) in [6, 6.07) is 5.43. The highest BCUT2D eigenvalue weighted by Crippen LogP contribution is 2.15. The summed E-state index contributed by atoms with van der Waals surface area (Å²) in [5.41, 5.74) is -0.0749. The lowest BCUT2D eigenvalue weighted by Crippen LogP contribution is -2.29. The van der Waals surface area contributed by atoms with E-state index in [1.54, 1.807) is 6.07 Å². The fourth-order valence-electron chi connectivity index (χ4n) is 1.03. The molecule has 0 fully saturated rings. The molecule has 0 unspecified atom stereocenters. The van der Waals surface area contributed by atoms with Gasteiger partial charge < -0.3 is 10.1 Å². The first-order valence-electron chi connectivity index (χ1n) is 4.70. The van der Waals surface area contributed by atoms with Crippen LogP contribution in [0.5, 0.6) is 5.75 Å². The zero-order valence-corrected chi connectivity index (χ0v) is 8.87. The van der Waals surface area contributed by atoms with Crippen molar-refractivity contribution in [2.75, 3.05) is 13.2 Å². The van der Waals surface area contributed by atoms with Crippen LogP contribution in [0.25, 0.3) is 0 Å². The predicted molar refractivity (Wildman–Crippen MR) is 58.5 cm³/mol. The fraction of sp³-hybridized carbons (Fsp3) is 0.167. The maximum Gasteiger partial charge on any atom is 0.258 e. The van der Waals surface area contributed by atoms with Crippen molar-refractivity contribution in [3.8, 4) is 24.2 Å². The van der Waals surface area contributed by atoms with Gasteiger partial charge in [-0.2, -0.15) is 5.26 Å². The van der Waals surface area contributed by atoms with Crippen molar-refractivity contribution in [2.45, 2.75) is 0 Å². The summed E-state index contributed by atoms with van der Waals surface area (Å²) in [5, 5.41) is 10.9. The van der Waals surface area contributed by atoms with Gasteiger partial charge >= 0.3 is 0 Å². The van der Waals surface area contributed by atoms with Gasteiger partial charge in [-0.05, 0) is 12.1 Å². The van der Waals surface area contributed by atoms with E-state index in [0.717, 1.165) is 6.07 Å². The molecule has 0 heterocycles. The second-order valence-electron chi connectivity index (χ2n) is 3.02. The molecule has 0 spiro atoms. The van der Waals surface area contributed by atoms with E-state index in [1.807, 2.05) is 0 Å². The van der Waals surface area contributed by atoms with E-state index >= 15 is 0 Å². The summed E-state index contributed by atoms with van der Waals surface area (Å²) in [4.78, 5) is 11.1. The molecule has 0 aliphatic carbocycles. The van der Waals surface area contributed by atoms with Crippen molar-refractivity contribution < 1.29 is 13.9 Å². The molecule has 5 heteroatoms. The Morgan fingerprint density at radius 1 is 1.59 bits per heavy atom. The Morgan fingerprint density at radius 3 is 2.94 bits per heavy atom. The second-order valence-corrected chi connectivity index (χ2v) is 3.02. The Labute approximate surface area is 98.0 Å². The van der Waals surface area contributed by atoms with Gasteiger partial charge in [-0.15, -0.1) is 6.42 Å². The van der Waals surface area contributed by atoms with Gasteiger partial charge in [0.25, 0.3) is 5.91 Å². The monoisotopic (exact) mass is 232 g/mol. The predicted octanol–water partition coefficient (Wildman–Crippen LogP) is 0.826. The topological polar surface area (TPSA) is 62.1 Å². The first kappa shape index (κ1) is 12.5. The summed E-state index contributed by atoms with van der Waals surface area (Å²) in [7, 11) is 0. The molecule has 0 saturated carbocycles. The third-order valence-electron chi connectivity index (χ3n) is 1.82. The lowest BCUT2D eigenvalue weighted by Gasteiger charge is -2.06. The van der Waals surface area contributed by atoms with Crippen LogP contribution in [0.1, 0.15) is 5.56 Å². The highest BCUT2D eigenvalue weighted by Gasteiger charge is 2.05. The van der Waals surface area contributed by atoms with Gasteiger partial charge in [0.1, 0.15) is 17.6 Å². The van der Waals surface area contributed by atoms with Crippen molar-refractivity contribution in [1.82, 2.24) is 5.32 Å². The molecule has 1 N–H and O–H groups in total. The van der Waals surface area contributed by atoms with Gasteiger partial charge in [0.2, 0.25) is 0 Å². The van der Waals surface area contributed by atoms with Crippen molar-refractivity contribution in [2.24, 2.45) is 0 Å². The quantitative estimate of drug-likeness (QED) is 0.782. The summed E-state index contributed by atoms with van der Waals surface area (Å²) >= 11 is 0. The molecule has 1 aromatic carbocycles. The minimum atomic E-state index is -0.686. The number of hydrogen-bond acceptors (Lipinski definition) is 3. The minimum absolute atomic E-state index is 0.0749. The first-order chi connectivity index (χ1) is 8.17. The molecular formula is C12H9FN2O2. The number of amides is 1. The van der Waals surface area contributed by atoms with Crippen LogP contribution < -0.4 is 10.1 Å². The van der Waals surface area contributed by atoms with Crippen LogP contribution in [-0.2, 0) is 4.79 Å². The van der Waals surface area contributed by atoms with Crippen molar-refractivity contribution >= 4 is 5.91 Å². The number of carbonyl (C=O) groups is 1. The third-order valence-corrected chi connectivity index (χ3v) is 1.82. The zero-order valence-electron chi connectivity index (χ0n) is 8.87. The van der Waals surface area contributed by atoms with Gasteiger partial charge in [-0.1, -0.05) is 5.92 Å². The van der Waals surface area contributed by atoms with Gasteiger partial charge in [0, 0.05) is 6.07 Å². The molecular weight excluding hydrogens is 223 g/mol. The summed E-state index contributed by atoms with van der Waals surface area (Å²) < 4.78 is 18.2. The number of ether oxygens (including phenoxy) is 1. The van der Waals surface area contributed by atoms with E-state index in [2.05, 4.69) is 11.2 Å². The average Bonchev–Trinajstić information content (AvgIpc) is 2.34. The van der Waals surface area contributed by atoms with Crippen molar-refractivity contribution in [1.29, 1.82) is 5.26 Å². The standard InChI is InChI=1S/C12H9FN2O2/c1-2-5-15-12(16)8-17-10-4-3-9(7-14)11(13)6-10/h1,3-4,6H,5,8H2,(H,15,16). The Hall–Kier alpha value is -2.53. The molecule has 0 aliphatic heterocycles. The van der Waals surface area contributed by atoms with Gasteiger partial charge in [0.05, 0.1) is 12.1 Å². The summed E-state index contributed by atoms with van der Waals surface area (Å²) in [6.07, 6.45) is 4.95. The van der Waals surface area contributed by atoms with Crippen molar-refractivity contribution in [3.05, 3.63) is 29.6 Å². The average molecular weight is 232 g/mol. The maximum absolute atomic E-state index is 13.1. The number of carbonyl (C=O) groups excluding carboxylic acids is 1. The van der Waals surface area contributed by atoms with E-state index in [9.17, 15) is 9.18 Å². The number of nitrogens with zero attached hydrogens (tertiary/aromatic N) is 1. The zero-order chi connectivity index (χ0) is 12.7. The molecule has 0 bridgehead atoms. The Bertz CT molecular complexity index is 500. The van der Waals surface area contributed by atoms with Crippen LogP contribution in [-0.4, -0.2) is 19.1 Å². The van der Waals surface area contributed by atoms with Crippen LogP contribution in [0.4, 0.5) is 4.39 Å². The third kappa shape index (κ3) is 3.84. The van der Waals surface area contributed by atoms with E-state index in [0.29, 0.717) is 0 Å². The highest BCUT2D eigenvalue weighted by molar-refractivity contribution is 5.77. The number of nitriles is 1. The highest BCUT2D eigenvalue weighted by atomic mass is 19.1. The summed E-state index contributed by atoms with van der Waals surface area (Å²) in [6.45, 7) is -0.142. The van der Waals surface area contributed by atoms with Crippen LogP contribution >= 0.6 is 0 Å². The molecule has 86 valence electrons. The van der Waals surface area contributed by atoms with Crippen LogP contribution in [0.15, 0.2) is 18.2 Å². The number of rotatable bonds is 4. The number of hydrogen-bond donors (Lipinski definition) is 1. The van der Waals surface area contributed by atoms with Crippen LogP contribution in [0.3, 0.4) is 0 Å². The SMILES string of the molecule is C#CCNC(=O)COc1ccc(C#N)c(F)c1. The molecule has 0 saturated heterocycles. The first-order valence-corrected chi connectivity index (χ1v) is 4.70. The Balaban J connectivity index is 2.54. The molecule has 1 rings (SSSR count). The van der Waals surface area contributed by atoms with Crippen LogP contribution in [0, 0.1) is 29.5 Å². The maximum atomic E-state index is 13.1. The molecule has 1 amide bonds. The van der Waals surface area contributed by atoms with Crippen LogP contribution in [0.2, 0.25) is 0 Å². The van der Waals surface area contributed by atoms with E-state index in [-0.39, 0.29) is 24.5 Å². The molecule has 1 aromatic rings. The van der Waals surface area contributed by atoms with E-state index < -0.39 is 11.7 Å². The smallest absolute Gasteiger partial charge is 0.258 e. The number of nitrogens with one attached hydrogen (secondary N) is 1. The van der Waals surface area contributed by atoms with Crippen molar-refractivity contribution in [3.63, 3.8) is 0 Å². The number of terminal acetylenes is 1. The molecule has 17 heavy (non-hydrogen) atoms. The fourth-order valence-corrected chi connectivity index (χ4v) is 1.03. The largest absolute Gasteiger partial charge is 0.484 e. The molecule has 0 aromatic heterocycles. The lowest BCUT2D eigenvalue weighted by atomic mass is 10.2. The van der Waals surface area contributed by atoms with Gasteiger partial charge in [0.15, 0.2) is 6.61 Å². The molecule has 0 aliphatic rings. The molecule has 0 radical (unpaired) electrons. The van der Waals surface area contributed by atoms with E-state index in [1.165, 1.54) is 12.1 Å². The van der Waals surface area contributed by atoms with Gasteiger partial charge in [-0.3, -0.25) is 4.79 Å².